The Morgan fingerprint density at radius 3 is 1.70 bits per heavy atom. The van der Waals surface area contributed by atoms with Crippen LogP contribution < -0.4 is 27.4 Å². The first-order valence-corrected chi connectivity index (χ1v) is 11.0. The minimum atomic E-state index is -1.62. The average molecular weight is 474 g/mol. The molecule has 0 heterocycles. The van der Waals surface area contributed by atoms with E-state index in [1.807, 2.05) is 27.7 Å². The van der Waals surface area contributed by atoms with Crippen LogP contribution in [0.5, 0.6) is 0 Å². The summed E-state index contributed by atoms with van der Waals surface area (Å²) in [5.74, 6) is -4.14. The predicted molar refractivity (Wildman–Crippen MR) is 120 cm³/mol. The van der Waals surface area contributed by atoms with Crippen LogP contribution in [0.3, 0.4) is 0 Å². The van der Waals surface area contributed by atoms with Gasteiger partial charge in [0.15, 0.2) is 6.04 Å². The molecule has 0 fully saturated rings. The summed E-state index contributed by atoms with van der Waals surface area (Å²) >= 11 is 0. The Kier molecular flexibility index (Phi) is 13.2. The Morgan fingerprint density at radius 2 is 1.27 bits per heavy atom. The molecule has 0 rings (SSSR count). The Balaban J connectivity index is 5.56. The van der Waals surface area contributed by atoms with E-state index in [2.05, 4.69) is 16.0 Å². The number of hydrogen-bond acceptors (Lipinski definition) is 7. The summed E-state index contributed by atoms with van der Waals surface area (Å²) in [6.45, 7) is 8.69. The highest BCUT2D eigenvalue weighted by atomic mass is 16.4. The minimum Gasteiger partial charge on any atom is -0.480 e. The van der Waals surface area contributed by atoms with Crippen LogP contribution in [0.15, 0.2) is 0 Å². The molecule has 5 atom stereocenters. The van der Waals surface area contributed by atoms with Gasteiger partial charge >= 0.3 is 5.97 Å². The van der Waals surface area contributed by atoms with E-state index in [0.717, 1.165) is 0 Å². The zero-order chi connectivity index (χ0) is 25.9. The van der Waals surface area contributed by atoms with Crippen molar-refractivity contribution in [3.8, 4) is 0 Å². The van der Waals surface area contributed by atoms with Gasteiger partial charge in [-0.2, -0.15) is 0 Å². The van der Waals surface area contributed by atoms with Crippen molar-refractivity contribution in [1.82, 2.24) is 16.0 Å². The molecular formula is C21H39N5O7. The maximum Gasteiger partial charge on any atom is 0.328 e. The van der Waals surface area contributed by atoms with Crippen LogP contribution in [-0.2, 0) is 24.0 Å². The van der Waals surface area contributed by atoms with Crippen molar-refractivity contribution in [2.45, 2.75) is 90.6 Å². The maximum absolute atomic E-state index is 12.9. The van der Waals surface area contributed by atoms with Gasteiger partial charge in [-0.25, -0.2) is 4.79 Å². The number of rotatable bonds is 15. The molecule has 33 heavy (non-hydrogen) atoms. The van der Waals surface area contributed by atoms with E-state index in [0.29, 0.717) is 6.42 Å². The van der Waals surface area contributed by atoms with E-state index >= 15 is 0 Å². The lowest BCUT2D eigenvalue weighted by atomic mass is 10.00. The van der Waals surface area contributed by atoms with Gasteiger partial charge in [-0.1, -0.05) is 27.7 Å². The first kappa shape index (κ1) is 30.3. The second-order valence-electron chi connectivity index (χ2n) is 9.06. The molecule has 0 bridgehead atoms. The number of carbonyl (C=O) groups excluding carboxylic acids is 4. The van der Waals surface area contributed by atoms with Crippen molar-refractivity contribution in [2.75, 3.05) is 0 Å². The number of primary amides is 1. The Bertz CT molecular complexity index is 696. The Morgan fingerprint density at radius 1 is 0.788 bits per heavy atom. The quantitative estimate of drug-likeness (QED) is 0.150. The molecule has 0 saturated carbocycles. The molecule has 0 aromatic carbocycles. The Labute approximate surface area is 194 Å². The van der Waals surface area contributed by atoms with Crippen LogP contribution in [0.1, 0.15) is 60.3 Å². The van der Waals surface area contributed by atoms with Crippen molar-refractivity contribution in [3.63, 3.8) is 0 Å². The van der Waals surface area contributed by atoms with Crippen molar-refractivity contribution in [3.05, 3.63) is 0 Å². The van der Waals surface area contributed by atoms with Gasteiger partial charge in [0.05, 0.1) is 12.1 Å². The van der Waals surface area contributed by atoms with Crippen molar-refractivity contribution in [2.24, 2.45) is 23.3 Å². The summed E-state index contributed by atoms with van der Waals surface area (Å²) in [5.41, 5.74) is 11.0. The molecule has 190 valence electrons. The van der Waals surface area contributed by atoms with E-state index in [1.54, 1.807) is 0 Å². The van der Waals surface area contributed by atoms with Crippen LogP contribution in [-0.4, -0.2) is 70.1 Å². The van der Waals surface area contributed by atoms with Crippen molar-refractivity contribution < 1.29 is 34.2 Å². The summed E-state index contributed by atoms with van der Waals surface area (Å²) < 4.78 is 0. The molecule has 0 spiro atoms. The van der Waals surface area contributed by atoms with Crippen LogP contribution in [0.2, 0.25) is 0 Å². The molecule has 0 saturated heterocycles. The molecule has 0 radical (unpaired) electrons. The highest BCUT2D eigenvalue weighted by Gasteiger charge is 2.32. The monoisotopic (exact) mass is 473 g/mol. The molecule has 0 aliphatic rings. The fourth-order valence-electron chi connectivity index (χ4n) is 3.07. The molecule has 12 nitrogen and oxygen atoms in total. The molecule has 0 aromatic rings. The number of amides is 4. The number of aliphatic hydroxyl groups excluding tert-OH is 1. The fourth-order valence-corrected chi connectivity index (χ4v) is 3.07. The van der Waals surface area contributed by atoms with Crippen molar-refractivity contribution >= 4 is 29.6 Å². The topological polar surface area (TPSA) is 214 Å². The number of aliphatic carboxylic acids is 1. The van der Waals surface area contributed by atoms with E-state index in [1.165, 1.54) is 6.92 Å². The second kappa shape index (κ2) is 14.4. The van der Waals surface area contributed by atoms with Gasteiger partial charge in [-0.05, 0) is 38.0 Å². The average Bonchev–Trinajstić information content (AvgIpc) is 2.66. The number of carboxylic acid groups (broad SMARTS) is 1. The molecule has 5 unspecified atom stereocenters. The molecule has 0 aliphatic carbocycles. The van der Waals surface area contributed by atoms with Crippen LogP contribution >= 0.6 is 0 Å². The summed E-state index contributed by atoms with van der Waals surface area (Å²) in [7, 11) is 0. The van der Waals surface area contributed by atoms with E-state index in [-0.39, 0.29) is 31.1 Å². The molecule has 0 aliphatic heterocycles. The molecule has 4 amide bonds. The number of carbonyl (C=O) groups is 5. The van der Waals surface area contributed by atoms with Gasteiger partial charge in [0.25, 0.3) is 0 Å². The fraction of sp³-hybridized carbons (Fsp3) is 0.762. The smallest absolute Gasteiger partial charge is 0.328 e. The lowest BCUT2D eigenvalue weighted by molar-refractivity contribution is -0.145. The lowest BCUT2D eigenvalue weighted by Gasteiger charge is -2.26. The maximum atomic E-state index is 12.9. The third-order valence-corrected chi connectivity index (χ3v) is 4.76. The standard InChI is InChI=1S/C21H39N5O7/c1-10(2)8-13(22)18(29)25-15(9-11(3)4)20(31)24-14(6-7-16(23)28)19(30)26-17(12(5)27)21(32)33/h10-15,17,27H,6-9,22H2,1-5H3,(H2,23,28)(H,24,31)(H,25,29)(H,26,30)(H,32,33). The number of hydrogen-bond donors (Lipinski definition) is 7. The first-order chi connectivity index (χ1) is 15.1. The lowest BCUT2D eigenvalue weighted by Crippen LogP contribution is -2.58. The van der Waals surface area contributed by atoms with Crippen LogP contribution in [0.25, 0.3) is 0 Å². The summed E-state index contributed by atoms with van der Waals surface area (Å²) in [6.07, 6.45) is -1.20. The van der Waals surface area contributed by atoms with Gasteiger partial charge in [-0.3, -0.25) is 19.2 Å². The SMILES string of the molecule is CC(C)CC(N)C(=O)NC(CC(C)C)C(=O)NC(CCC(N)=O)C(=O)NC(C(=O)O)C(C)O. The predicted octanol–water partition coefficient (Wildman–Crippen LogP) is -1.41. The van der Waals surface area contributed by atoms with Gasteiger partial charge in [0.1, 0.15) is 12.1 Å². The third-order valence-electron chi connectivity index (χ3n) is 4.76. The van der Waals surface area contributed by atoms with E-state index in [9.17, 15) is 34.2 Å². The number of carboxylic acids is 1. The van der Waals surface area contributed by atoms with Gasteiger partial charge in [-0.15, -0.1) is 0 Å². The summed E-state index contributed by atoms with van der Waals surface area (Å²) in [4.78, 5) is 60.5. The number of nitrogens with one attached hydrogen (secondary N) is 3. The molecule has 12 heteroatoms. The first-order valence-electron chi connectivity index (χ1n) is 11.0. The van der Waals surface area contributed by atoms with Crippen LogP contribution in [0.4, 0.5) is 0 Å². The number of nitrogens with two attached hydrogens (primary N) is 2. The number of aliphatic hydroxyl groups is 1. The Hall–Kier alpha value is -2.73. The summed E-state index contributed by atoms with van der Waals surface area (Å²) in [5, 5.41) is 26.0. The highest BCUT2D eigenvalue weighted by Crippen LogP contribution is 2.09. The third kappa shape index (κ3) is 12.2. The molecule has 9 N–H and O–H groups in total. The zero-order valence-electron chi connectivity index (χ0n) is 20.0. The van der Waals surface area contributed by atoms with Gasteiger partial charge in [0.2, 0.25) is 23.6 Å². The molecular weight excluding hydrogens is 434 g/mol. The minimum absolute atomic E-state index is 0.00639. The van der Waals surface area contributed by atoms with Crippen LogP contribution in [0, 0.1) is 11.8 Å². The zero-order valence-corrected chi connectivity index (χ0v) is 20.0. The molecule has 0 aromatic heterocycles. The van der Waals surface area contributed by atoms with Gasteiger partial charge < -0.3 is 37.6 Å². The largest absolute Gasteiger partial charge is 0.480 e. The van der Waals surface area contributed by atoms with Crippen molar-refractivity contribution in [1.29, 1.82) is 0 Å². The van der Waals surface area contributed by atoms with E-state index in [4.69, 9.17) is 11.5 Å². The summed E-state index contributed by atoms with van der Waals surface area (Å²) in [6, 6.07) is -4.76. The van der Waals surface area contributed by atoms with Gasteiger partial charge in [0, 0.05) is 6.42 Å². The van der Waals surface area contributed by atoms with E-state index < -0.39 is 59.9 Å². The normalized spacial score (nSPS) is 15.8. The highest BCUT2D eigenvalue weighted by molar-refractivity contribution is 5.94. The second-order valence-corrected chi connectivity index (χ2v) is 9.06.